The summed E-state index contributed by atoms with van der Waals surface area (Å²) < 4.78 is 5.35. The molecule has 0 heterocycles. The van der Waals surface area contributed by atoms with Crippen molar-refractivity contribution in [3.8, 4) is 5.75 Å². The van der Waals surface area contributed by atoms with E-state index in [-0.39, 0.29) is 0 Å². The number of hydrogen-bond donors (Lipinski definition) is 0. The molecule has 1 aromatic carbocycles. The van der Waals surface area contributed by atoms with E-state index in [1.807, 2.05) is 18.2 Å². The number of para-hydroxylation sites is 1. The Balaban J connectivity index is 2.45. The van der Waals surface area contributed by atoms with Crippen LogP contribution in [0.4, 0.5) is 0 Å². The van der Waals surface area contributed by atoms with Gasteiger partial charge in [-0.25, -0.2) is 0 Å². The number of methoxy groups -OCH3 is 1. The fourth-order valence-electron chi connectivity index (χ4n) is 2.45. The first-order valence-corrected chi connectivity index (χ1v) is 8.29. The molecule has 0 spiro atoms. The third-order valence-electron chi connectivity index (χ3n) is 3.63. The van der Waals surface area contributed by atoms with Crippen molar-refractivity contribution in [2.45, 2.75) is 58.8 Å². The molecule has 0 atom stereocenters. The van der Waals surface area contributed by atoms with Gasteiger partial charge in [0.25, 0.3) is 0 Å². The summed E-state index contributed by atoms with van der Waals surface area (Å²) in [7, 11) is 1.72. The number of hydrogen-bond acceptors (Lipinski definition) is 1. The van der Waals surface area contributed by atoms with Gasteiger partial charge in [-0.05, 0) is 38.2 Å². The Kier molecular flexibility index (Phi) is 9.35. The molecule has 1 nitrogen and oxygen atoms in total. The minimum absolute atomic E-state index is 0.943. The lowest BCUT2D eigenvalue weighted by atomic mass is 10.0. The first-order chi connectivity index (χ1) is 10.3. The Morgan fingerprint density at radius 2 is 1.86 bits per heavy atom. The van der Waals surface area contributed by atoms with Crippen LogP contribution in [-0.2, 0) is 0 Å². The summed E-state index contributed by atoms with van der Waals surface area (Å²) in [6.45, 7) is 4.53. The van der Waals surface area contributed by atoms with Crippen molar-refractivity contribution >= 4 is 6.08 Å². The van der Waals surface area contributed by atoms with Gasteiger partial charge in [0.15, 0.2) is 0 Å². The fraction of sp³-hybridized carbons (Fsp3) is 0.500. The van der Waals surface area contributed by atoms with E-state index < -0.39 is 0 Å². The Labute approximate surface area is 130 Å². The zero-order chi connectivity index (χ0) is 15.3. The molecule has 0 radical (unpaired) electrons. The lowest BCUT2D eigenvalue weighted by Crippen LogP contribution is -1.86. The van der Waals surface area contributed by atoms with Crippen LogP contribution in [0.3, 0.4) is 0 Å². The van der Waals surface area contributed by atoms with Crippen molar-refractivity contribution in [1.82, 2.24) is 0 Å². The van der Waals surface area contributed by atoms with Crippen LogP contribution < -0.4 is 4.74 Å². The maximum Gasteiger partial charge on any atom is 0.126 e. The van der Waals surface area contributed by atoms with Crippen LogP contribution in [0.25, 0.3) is 6.08 Å². The van der Waals surface area contributed by atoms with Crippen molar-refractivity contribution in [3.63, 3.8) is 0 Å². The maximum atomic E-state index is 5.35. The van der Waals surface area contributed by atoms with Crippen molar-refractivity contribution in [3.05, 3.63) is 47.6 Å². The molecular weight excluding hydrogens is 256 g/mol. The van der Waals surface area contributed by atoms with Crippen LogP contribution in [0.15, 0.2) is 42.0 Å². The van der Waals surface area contributed by atoms with E-state index in [1.54, 1.807) is 12.7 Å². The predicted octanol–water partition coefficient (Wildman–Crippen LogP) is 6.41. The van der Waals surface area contributed by atoms with Gasteiger partial charge in [-0.15, -0.1) is 0 Å². The molecule has 0 aliphatic rings. The van der Waals surface area contributed by atoms with Crippen LogP contribution in [-0.4, -0.2) is 7.11 Å². The summed E-state index contributed by atoms with van der Waals surface area (Å²) in [5, 5.41) is 0. The van der Waals surface area contributed by atoms with Gasteiger partial charge in [-0.3, -0.25) is 0 Å². The molecule has 0 aliphatic carbocycles. The highest BCUT2D eigenvalue weighted by atomic mass is 16.5. The van der Waals surface area contributed by atoms with Crippen molar-refractivity contribution in [1.29, 1.82) is 0 Å². The van der Waals surface area contributed by atoms with Crippen molar-refractivity contribution in [2.75, 3.05) is 7.11 Å². The number of allylic oxidation sites excluding steroid dienone is 3. The van der Waals surface area contributed by atoms with Crippen LogP contribution in [0.1, 0.15) is 64.4 Å². The summed E-state index contributed by atoms with van der Waals surface area (Å²) >= 11 is 0. The van der Waals surface area contributed by atoms with E-state index in [2.05, 4.69) is 38.1 Å². The molecule has 21 heavy (non-hydrogen) atoms. The molecule has 0 unspecified atom stereocenters. The molecule has 0 aromatic heterocycles. The Morgan fingerprint density at radius 1 is 1.05 bits per heavy atom. The lowest BCUT2D eigenvalue weighted by molar-refractivity contribution is 0.414. The molecule has 1 rings (SSSR count). The molecule has 0 N–H and O–H groups in total. The predicted molar refractivity (Wildman–Crippen MR) is 93.8 cm³/mol. The van der Waals surface area contributed by atoms with Crippen molar-refractivity contribution < 1.29 is 4.74 Å². The summed E-state index contributed by atoms with van der Waals surface area (Å²) in [5.74, 6) is 0.943. The smallest absolute Gasteiger partial charge is 0.126 e. The first kappa shape index (κ1) is 17.6. The average Bonchev–Trinajstić information content (AvgIpc) is 2.52. The Hall–Kier alpha value is -1.50. The number of rotatable bonds is 10. The van der Waals surface area contributed by atoms with Gasteiger partial charge in [0.1, 0.15) is 5.75 Å². The normalized spacial score (nSPS) is 12.0. The van der Waals surface area contributed by atoms with E-state index in [0.29, 0.717) is 0 Å². The molecule has 1 aromatic rings. The molecule has 0 amide bonds. The van der Waals surface area contributed by atoms with Crippen molar-refractivity contribution in [2.24, 2.45) is 0 Å². The van der Waals surface area contributed by atoms with Crippen LogP contribution >= 0.6 is 0 Å². The summed E-state index contributed by atoms with van der Waals surface area (Å²) in [5.41, 5.74) is 2.80. The van der Waals surface area contributed by atoms with Crippen LogP contribution in [0, 0.1) is 0 Å². The van der Waals surface area contributed by atoms with Gasteiger partial charge in [0.05, 0.1) is 7.11 Å². The van der Waals surface area contributed by atoms with Gasteiger partial charge in [-0.1, -0.05) is 68.7 Å². The molecule has 0 aliphatic heterocycles. The molecule has 0 fully saturated rings. The average molecular weight is 286 g/mol. The monoisotopic (exact) mass is 286 g/mol. The SMILES string of the molecule is CCCCC(=CCCC=Cc1ccccc1OC)CCC. The van der Waals surface area contributed by atoms with Gasteiger partial charge in [-0.2, -0.15) is 0 Å². The largest absolute Gasteiger partial charge is 0.496 e. The van der Waals surface area contributed by atoms with Gasteiger partial charge in [0, 0.05) is 5.56 Å². The highest BCUT2D eigenvalue weighted by Crippen LogP contribution is 2.19. The zero-order valence-electron chi connectivity index (χ0n) is 13.9. The Morgan fingerprint density at radius 3 is 2.57 bits per heavy atom. The highest BCUT2D eigenvalue weighted by Gasteiger charge is 1.97. The summed E-state index contributed by atoms with van der Waals surface area (Å²) in [6.07, 6.45) is 15.5. The Bertz CT molecular complexity index is 443. The zero-order valence-corrected chi connectivity index (χ0v) is 13.9. The number of unbranched alkanes of at least 4 members (excludes halogenated alkanes) is 2. The minimum Gasteiger partial charge on any atom is -0.496 e. The third-order valence-corrected chi connectivity index (χ3v) is 3.63. The minimum atomic E-state index is 0.943. The standard InChI is InChI=1S/C20H30O/c1-4-6-13-18(12-5-2)14-8-7-9-15-19-16-10-11-17-20(19)21-3/h9-11,14-17H,4-8,12-13H2,1-3H3. The fourth-order valence-corrected chi connectivity index (χ4v) is 2.45. The number of ether oxygens (including phenoxy) is 1. The van der Waals surface area contributed by atoms with E-state index in [1.165, 1.54) is 32.1 Å². The second-order valence-electron chi connectivity index (χ2n) is 5.44. The topological polar surface area (TPSA) is 9.23 Å². The van der Waals surface area contributed by atoms with E-state index in [0.717, 1.165) is 24.2 Å². The van der Waals surface area contributed by atoms with Gasteiger partial charge < -0.3 is 4.74 Å². The lowest BCUT2D eigenvalue weighted by Gasteiger charge is -2.05. The summed E-state index contributed by atoms with van der Waals surface area (Å²) in [4.78, 5) is 0. The van der Waals surface area contributed by atoms with Crippen LogP contribution in [0.2, 0.25) is 0 Å². The molecule has 1 heteroatoms. The molecule has 0 saturated heterocycles. The highest BCUT2D eigenvalue weighted by molar-refractivity contribution is 5.56. The van der Waals surface area contributed by atoms with Crippen LogP contribution in [0.5, 0.6) is 5.75 Å². The first-order valence-electron chi connectivity index (χ1n) is 8.29. The van der Waals surface area contributed by atoms with E-state index in [4.69, 9.17) is 4.74 Å². The quantitative estimate of drug-likeness (QED) is 0.357. The maximum absolute atomic E-state index is 5.35. The van der Waals surface area contributed by atoms with E-state index >= 15 is 0 Å². The third kappa shape index (κ3) is 7.17. The summed E-state index contributed by atoms with van der Waals surface area (Å²) in [6, 6.07) is 8.15. The van der Waals surface area contributed by atoms with Gasteiger partial charge in [0.2, 0.25) is 0 Å². The molecule has 0 saturated carbocycles. The second-order valence-corrected chi connectivity index (χ2v) is 5.44. The molecular formula is C20H30O. The number of benzene rings is 1. The molecule has 0 bridgehead atoms. The molecule has 116 valence electrons. The second kappa shape index (κ2) is 11.2. The van der Waals surface area contributed by atoms with Gasteiger partial charge >= 0.3 is 0 Å². The van der Waals surface area contributed by atoms with E-state index in [9.17, 15) is 0 Å².